The highest BCUT2D eigenvalue weighted by Crippen LogP contribution is 2.32. The predicted octanol–water partition coefficient (Wildman–Crippen LogP) is 2.50. The molecule has 14 heteroatoms. The summed E-state index contributed by atoms with van der Waals surface area (Å²) in [6, 6.07) is 3.39. The molecular formula is C22H28N6O7S. The quantitative estimate of drug-likeness (QED) is 0.282. The molecule has 36 heavy (non-hydrogen) atoms. The average molecular weight is 521 g/mol. The van der Waals surface area contributed by atoms with Crippen LogP contribution in [-0.2, 0) is 19.5 Å². The Hall–Kier alpha value is -3.91. The Morgan fingerprint density at radius 3 is 2.42 bits per heavy atom. The van der Waals surface area contributed by atoms with Gasteiger partial charge in [-0.15, -0.1) is 10.2 Å². The Balaban J connectivity index is 2.07. The second-order valence-corrected chi connectivity index (χ2v) is 9.65. The molecule has 2 atom stereocenters. The van der Waals surface area contributed by atoms with Gasteiger partial charge in [-0.3, -0.25) is 14.3 Å². The van der Waals surface area contributed by atoms with E-state index in [0.717, 1.165) is 0 Å². The number of furan rings is 1. The van der Waals surface area contributed by atoms with Crippen molar-refractivity contribution in [2.75, 3.05) is 26.1 Å². The average Bonchev–Trinajstić information content (AvgIpc) is 3.48. The fourth-order valence-corrected chi connectivity index (χ4v) is 4.21. The van der Waals surface area contributed by atoms with Gasteiger partial charge in [-0.1, -0.05) is 6.58 Å². The van der Waals surface area contributed by atoms with E-state index in [1.165, 1.54) is 45.2 Å². The largest absolute Gasteiger partial charge is 0.499 e. The van der Waals surface area contributed by atoms with Crippen LogP contribution in [0.4, 0.5) is 5.95 Å². The lowest BCUT2D eigenvalue weighted by atomic mass is 10.2. The second-order valence-electron chi connectivity index (χ2n) is 7.61. The molecule has 3 rings (SSSR count). The number of nitrogens with one attached hydrogen (secondary N) is 1. The molecule has 0 spiro atoms. The summed E-state index contributed by atoms with van der Waals surface area (Å²) in [4.78, 5) is 7.98. The number of ether oxygens (including phenoxy) is 3. The zero-order chi connectivity index (χ0) is 26.6. The molecule has 0 fully saturated rings. The van der Waals surface area contributed by atoms with Crippen LogP contribution in [0.25, 0.3) is 17.3 Å². The molecular weight excluding hydrogens is 492 g/mol. The Labute approximate surface area is 208 Å². The minimum Gasteiger partial charge on any atom is -0.499 e. The number of methoxy groups -OCH3 is 3. The van der Waals surface area contributed by atoms with Gasteiger partial charge >= 0.3 is 0 Å². The molecule has 0 aliphatic carbocycles. The van der Waals surface area contributed by atoms with E-state index in [1.807, 2.05) is 0 Å². The Morgan fingerprint density at radius 1 is 1.17 bits per heavy atom. The molecule has 194 valence electrons. The van der Waals surface area contributed by atoms with Gasteiger partial charge in [-0.25, -0.2) is 13.4 Å². The van der Waals surface area contributed by atoms with Gasteiger partial charge in [-0.2, -0.15) is 0 Å². The van der Waals surface area contributed by atoms with Crippen LogP contribution in [0.15, 0.2) is 47.0 Å². The van der Waals surface area contributed by atoms with Gasteiger partial charge in [0.15, 0.2) is 5.76 Å². The van der Waals surface area contributed by atoms with Crippen molar-refractivity contribution in [1.29, 1.82) is 0 Å². The molecule has 3 aromatic rings. The maximum Gasteiger partial charge on any atom is 0.243 e. The number of aromatic nitrogens is 5. The van der Waals surface area contributed by atoms with Crippen molar-refractivity contribution in [3.05, 3.63) is 54.1 Å². The number of hydrogen-bond acceptors (Lipinski definition) is 11. The van der Waals surface area contributed by atoms with E-state index in [4.69, 9.17) is 18.6 Å². The number of aliphatic hydroxyl groups excluding tert-OH is 1. The number of aryl methyl sites for hydroxylation is 1. The SMILES string of the molecule is C=C(OC)/C(=C(\C)OC)n1c(NS(=O)(=O)[C@H](C)[C@@H](O)c2cnc(OC)cn2)nnc1-c1ccc(C)o1. The first-order valence-corrected chi connectivity index (χ1v) is 12.1. The molecule has 13 nitrogen and oxygen atoms in total. The molecule has 0 bridgehead atoms. The molecule has 0 unspecified atom stereocenters. The highest BCUT2D eigenvalue weighted by Gasteiger charge is 2.33. The van der Waals surface area contributed by atoms with Crippen molar-refractivity contribution in [2.45, 2.75) is 32.1 Å². The third kappa shape index (κ3) is 5.33. The Kier molecular flexibility index (Phi) is 8.00. The molecule has 0 saturated heterocycles. The second kappa shape index (κ2) is 10.8. The summed E-state index contributed by atoms with van der Waals surface area (Å²) in [7, 11) is 0.0159. The summed E-state index contributed by atoms with van der Waals surface area (Å²) in [5.41, 5.74) is 0.298. The first-order valence-electron chi connectivity index (χ1n) is 10.6. The van der Waals surface area contributed by atoms with Crippen LogP contribution in [0.2, 0.25) is 0 Å². The van der Waals surface area contributed by atoms with E-state index >= 15 is 0 Å². The molecule has 3 heterocycles. The smallest absolute Gasteiger partial charge is 0.243 e. The van der Waals surface area contributed by atoms with Gasteiger partial charge in [0, 0.05) is 0 Å². The number of aliphatic hydroxyl groups is 1. The normalized spacial score (nSPS) is 14.0. The van der Waals surface area contributed by atoms with E-state index in [2.05, 4.69) is 31.5 Å². The highest BCUT2D eigenvalue weighted by molar-refractivity contribution is 7.93. The number of sulfonamides is 1. The summed E-state index contributed by atoms with van der Waals surface area (Å²) in [5, 5.41) is 17.5. The van der Waals surface area contributed by atoms with Crippen LogP contribution in [0, 0.1) is 6.92 Å². The zero-order valence-corrected chi connectivity index (χ0v) is 21.5. The molecule has 0 saturated carbocycles. The first-order chi connectivity index (χ1) is 17.0. The van der Waals surface area contributed by atoms with Crippen molar-refractivity contribution < 1.29 is 32.2 Å². The van der Waals surface area contributed by atoms with Gasteiger partial charge in [0.25, 0.3) is 0 Å². The lowest BCUT2D eigenvalue weighted by Gasteiger charge is -2.21. The van der Waals surface area contributed by atoms with Crippen molar-refractivity contribution in [1.82, 2.24) is 24.7 Å². The fraction of sp³-hybridized carbons (Fsp3) is 0.364. The molecule has 0 aliphatic heterocycles. The number of nitrogens with zero attached hydrogens (tertiary/aromatic N) is 5. The van der Waals surface area contributed by atoms with Gasteiger partial charge in [0.1, 0.15) is 34.3 Å². The summed E-state index contributed by atoms with van der Waals surface area (Å²) >= 11 is 0. The standard InChI is InChI=1S/C22H28N6O7S/c1-12-8-9-17(35-12)21-25-26-22(28(21)19(13(2)32-5)14(3)33-6)27-36(30,31)15(4)20(29)16-10-24-18(34-7)11-23-16/h8-11,15,20,29H,2H2,1,3-7H3,(H,26,27)/b19-14-/t15-,20-/m1/s1. The minimum absolute atomic E-state index is 0.0467. The van der Waals surface area contributed by atoms with Crippen LogP contribution >= 0.6 is 0 Å². The molecule has 0 amide bonds. The van der Waals surface area contributed by atoms with Gasteiger partial charge < -0.3 is 23.7 Å². The van der Waals surface area contributed by atoms with E-state index in [9.17, 15) is 13.5 Å². The molecule has 0 radical (unpaired) electrons. The van der Waals surface area contributed by atoms with Crippen LogP contribution in [0.5, 0.6) is 5.88 Å². The Bertz CT molecular complexity index is 1360. The molecule has 0 aromatic carbocycles. The van der Waals surface area contributed by atoms with Crippen molar-refractivity contribution in [2.24, 2.45) is 0 Å². The number of anilines is 1. The van der Waals surface area contributed by atoms with Crippen LogP contribution in [0.1, 0.15) is 31.4 Å². The summed E-state index contributed by atoms with van der Waals surface area (Å²) in [6.07, 6.45) is 1.01. The highest BCUT2D eigenvalue weighted by atomic mass is 32.2. The first kappa shape index (κ1) is 26.7. The minimum atomic E-state index is -4.25. The Morgan fingerprint density at radius 2 is 1.89 bits per heavy atom. The van der Waals surface area contributed by atoms with Crippen molar-refractivity contribution in [3.8, 4) is 17.5 Å². The maximum atomic E-state index is 13.3. The third-order valence-electron chi connectivity index (χ3n) is 5.33. The van der Waals surface area contributed by atoms with Crippen LogP contribution in [-0.4, -0.2) is 64.8 Å². The molecule has 3 aromatic heterocycles. The maximum absolute atomic E-state index is 13.3. The van der Waals surface area contributed by atoms with Gasteiger partial charge in [0.2, 0.25) is 27.7 Å². The number of allylic oxidation sites excluding steroid dienone is 2. The number of hydrogen-bond donors (Lipinski definition) is 2. The fourth-order valence-electron chi connectivity index (χ4n) is 3.16. The van der Waals surface area contributed by atoms with Gasteiger partial charge in [0.05, 0.1) is 39.4 Å². The molecule has 2 N–H and O–H groups in total. The van der Waals surface area contributed by atoms with Crippen molar-refractivity contribution in [3.63, 3.8) is 0 Å². The van der Waals surface area contributed by atoms with Gasteiger partial charge in [-0.05, 0) is 32.9 Å². The topological polar surface area (TPSA) is 164 Å². The summed E-state index contributed by atoms with van der Waals surface area (Å²) < 4.78 is 51.7. The van der Waals surface area contributed by atoms with E-state index in [1.54, 1.807) is 26.0 Å². The summed E-state index contributed by atoms with van der Waals surface area (Å²) in [5.74, 6) is 1.60. The lowest BCUT2D eigenvalue weighted by molar-refractivity contribution is 0.170. The predicted molar refractivity (Wildman–Crippen MR) is 130 cm³/mol. The van der Waals surface area contributed by atoms with E-state index in [-0.39, 0.29) is 34.8 Å². The summed E-state index contributed by atoms with van der Waals surface area (Å²) in [6.45, 7) is 8.60. The van der Waals surface area contributed by atoms with Crippen molar-refractivity contribution >= 4 is 21.7 Å². The van der Waals surface area contributed by atoms with E-state index in [0.29, 0.717) is 17.3 Å². The van der Waals surface area contributed by atoms with Crippen LogP contribution in [0.3, 0.4) is 0 Å². The number of rotatable bonds is 11. The van der Waals surface area contributed by atoms with E-state index < -0.39 is 21.4 Å². The van der Waals surface area contributed by atoms with Crippen LogP contribution < -0.4 is 9.46 Å². The monoisotopic (exact) mass is 520 g/mol. The zero-order valence-electron chi connectivity index (χ0n) is 20.7. The third-order valence-corrected chi connectivity index (χ3v) is 7.03. The lowest BCUT2D eigenvalue weighted by Crippen LogP contribution is -2.32. The molecule has 0 aliphatic rings.